The fourth-order valence-electron chi connectivity index (χ4n) is 4.79. The summed E-state index contributed by atoms with van der Waals surface area (Å²) in [6, 6.07) is 10.4. The smallest absolute Gasteiger partial charge is 0.257 e. The summed E-state index contributed by atoms with van der Waals surface area (Å²) in [5.74, 6) is 0.933. The minimum Gasteiger partial charge on any atom is -0.340 e. The summed E-state index contributed by atoms with van der Waals surface area (Å²) in [5.41, 5.74) is 3.29. The first-order valence-electron chi connectivity index (χ1n) is 11.0. The van der Waals surface area contributed by atoms with Crippen LogP contribution in [0.2, 0.25) is 0 Å². The summed E-state index contributed by atoms with van der Waals surface area (Å²) in [7, 11) is 0. The summed E-state index contributed by atoms with van der Waals surface area (Å²) >= 11 is 1.63. The van der Waals surface area contributed by atoms with Crippen LogP contribution >= 0.6 is 11.8 Å². The third-order valence-electron chi connectivity index (χ3n) is 6.51. The first-order chi connectivity index (χ1) is 14.7. The Hall–Kier alpha value is -2.12. The molecule has 1 aliphatic carbocycles. The van der Waals surface area contributed by atoms with Crippen LogP contribution in [0.4, 0.5) is 0 Å². The van der Waals surface area contributed by atoms with Crippen molar-refractivity contribution in [3.63, 3.8) is 0 Å². The molecule has 0 radical (unpaired) electrons. The van der Waals surface area contributed by atoms with E-state index in [9.17, 15) is 9.59 Å². The SMILES string of the molecule is O=C(CC1CSc2nc3c(c(=O)n21)CCCC3)N1CCN(Cc2ccccc2)CC1. The molecule has 2 aliphatic heterocycles. The van der Waals surface area contributed by atoms with Gasteiger partial charge < -0.3 is 4.90 Å². The second-order valence-electron chi connectivity index (χ2n) is 8.51. The Morgan fingerprint density at radius 3 is 2.63 bits per heavy atom. The molecule has 6 nitrogen and oxygen atoms in total. The van der Waals surface area contributed by atoms with Gasteiger partial charge in [-0.25, -0.2) is 4.98 Å². The normalized spacial score (nSPS) is 21.3. The Labute approximate surface area is 181 Å². The van der Waals surface area contributed by atoms with Crippen LogP contribution < -0.4 is 5.56 Å². The van der Waals surface area contributed by atoms with Crippen molar-refractivity contribution >= 4 is 17.7 Å². The summed E-state index contributed by atoms with van der Waals surface area (Å²) in [6.45, 7) is 4.24. The van der Waals surface area contributed by atoms with Gasteiger partial charge in [0.05, 0.1) is 11.7 Å². The molecular weight excluding hydrogens is 396 g/mol. The molecule has 158 valence electrons. The lowest BCUT2D eigenvalue weighted by molar-refractivity contribution is -0.133. The highest BCUT2D eigenvalue weighted by molar-refractivity contribution is 7.99. The fraction of sp³-hybridized carbons (Fsp3) is 0.522. The highest BCUT2D eigenvalue weighted by Crippen LogP contribution is 2.34. The van der Waals surface area contributed by atoms with Crippen molar-refractivity contribution in [3.8, 4) is 0 Å². The van der Waals surface area contributed by atoms with Crippen LogP contribution in [-0.4, -0.2) is 57.2 Å². The van der Waals surface area contributed by atoms with E-state index in [0.29, 0.717) is 6.42 Å². The quantitative estimate of drug-likeness (QED) is 0.706. The van der Waals surface area contributed by atoms with Crippen LogP contribution in [-0.2, 0) is 24.2 Å². The fourth-order valence-corrected chi connectivity index (χ4v) is 5.95. The van der Waals surface area contributed by atoms with Crippen LogP contribution in [0, 0.1) is 0 Å². The van der Waals surface area contributed by atoms with E-state index in [1.54, 1.807) is 11.8 Å². The molecule has 30 heavy (non-hydrogen) atoms. The van der Waals surface area contributed by atoms with Crippen molar-refractivity contribution in [2.75, 3.05) is 31.9 Å². The lowest BCUT2D eigenvalue weighted by Gasteiger charge is -2.35. The van der Waals surface area contributed by atoms with E-state index in [0.717, 1.165) is 80.6 Å². The molecule has 2 aromatic rings. The summed E-state index contributed by atoms with van der Waals surface area (Å²) in [5, 5.41) is 0.811. The maximum absolute atomic E-state index is 13.1. The number of carbonyl (C=O) groups excluding carboxylic acids is 1. The van der Waals surface area contributed by atoms with Crippen LogP contribution in [0.25, 0.3) is 0 Å². The molecule has 5 rings (SSSR count). The van der Waals surface area contributed by atoms with Crippen LogP contribution in [0.15, 0.2) is 40.3 Å². The van der Waals surface area contributed by atoms with Crippen molar-refractivity contribution < 1.29 is 4.79 Å². The van der Waals surface area contributed by atoms with E-state index in [-0.39, 0.29) is 17.5 Å². The number of benzene rings is 1. The van der Waals surface area contributed by atoms with E-state index in [1.165, 1.54) is 5.56 Å². The number of hydrogen-bond acceptors (Lipinski definition) is 5. The first-order valence-corrected chi connectivity index (χ1v) is 12.0. The molecule has 1 atom stereocenters. The first kappa shape index (κ1) is 19.8. The molecule has 3 heterocycles. The molecule has 1 aromatic heterocycles. The topological polar surface area (TPSA) is 58.4 Å². The Balaban J connectivity index is 1.21. The summed E-state index contributed by atoms with van der Waals surface area (Å²) < 4.78 is 1.82. The van der Waals surface area contributed by atoms with E-state index in [4.69, 9.17) is 4.98 Å². The van der Waals surface area contributed by atoms with Gasteiger partial charge in [-0.1, -0.05) is 42.1 Å². The minimum absolute atomic E-state index is 0.0629. The zero-order chi connectivity index (χ0) is 20.5. The number of amides is 1. The number of piperazine rings is 1. The lowest BCUT2D eigenvalue weighted by atomic mass is 9.97. The molecule has 1 amide bonds. The zero-order valence-corrected chi connectivity index (χ0v) is 18.1. The Morgan fingerprint density at radius 2 is 1.83 bits per heavy atom. The number of carbonyl (C=O) groups is 1. The number of aryl methyl sites for hydroxylation is 1. The summed E-state index contributed by atoms with van der Waals surface area (Å²) in [6.07, 6.45) is 4.32. The van der Waals surface area contributed by atoms with Crippen LogP contribution in [0.5, 0.6) is 0 Å². The second kappa shape index (κ2) is 8.55. The average Bonchev–Trinajstić information content (AvgIpc) is 3.18. The van der Waals surface area contributed by atoms with Crippen molar-refractivity contribution in [1.29, 1.82) is 0 Å². The number of fused-ring (bicyclic) bond motifs is 2. The van der Waals surface area contributed by atoms with Crippen molar-refractivity contribution in [2.45, 2.75) is 49.8 Å². The minimum atomic E-state index is -0.0629. The highest BCUT2D eigenvalue weighted by Gasteiger charge is 2.32. The lowest BCUT2D eigenvalue weighted by Crippen LogP contribution is -2.48. The predicted octanol–water partition coefficient (Wildman–Crippen LogP) is 2.50. The van der Waals surface area contributed by atoms with Gasteiger partial charge >= 0.3 is 0 Å². The zero-order valence-electron chi connectivity index (χ0n) is 17.3. The third-order valence-corrected chi connectivity index (χ3v) is 7.60. The average molecular weight is 425 g/mol. The maximum Gasteiger partial charge on any atom is 0.257 e. The molecule has 0 bridgehead atoms. The Morgan fingerprint density at radius 1 is 1.07 bits per heavy atom. The number of rotatable bonds is 4. The molecule has 3 aliphatic rings. The van der Waals surface area contributed by atoms with Crippen LogP contribution in [0.1, 0.15) is 42.1 Å². The molecule has 7 heteroatoms. The van der Waals surface area contributed by atoms with Gasteiger partial charge in [0.1, 0.15) is 0 Å². The summed E-state index contributed by atoms with van der Waals surface area (Å²) in [4.78, 5) is 35.2. The van der Waals surface area contributed by atoms with Gasteiger partial charge in [0.25, 0.3) is 5.56 Å². The molecular formula is C23H28N4O2S. The largest absolute Gasteiger partial charge is 0.340 e. The van der Waals surface area contributed by atoms with Crippen molar-refractivity contribution in [1.82, 2.24) is 19.4 Å². The van der Waals surface area contributed by atoms with Gasteiger partial charge in [-0.3, -0.25) is 19.1 Å². The Kier molecular flexibility index (Phi) is 5.65. The number of nitrogens with zero attached hydrogens (tertiary/aromatic N) is 4. The van der Waals surface area contributed by atoms with Gasteiger partial charge in [0, 0.05) is 50.5 Å². The molecule has 0 N–H and O–H groups in total. The van der Waals surface area contributed by atoms with Gasteiger partial charge in [0.15, 0.2) is 5.16 Å². The Bertz CT molecular complexity index is 983. The number of hydrogen-bond donors (Lipinski definition) is 0. The van der Waals surface area contributed by atoms with E-state index in [2.05, 4.69) is 29.2 Å². The standard InChI is InChI=1S/C23H28N4O2S/c28-21(26-12-10-25(11-13-26)15-17-6-2-1-3-7-17)14-18-16-30-23-24-20-9-5-4-8-19(20)22(29)27(18)23/h1-3,6-7,18H,4-5,8-16H2. The third kappa shape index (κ3) is 3.93. The molecule has 0 saturated carbocycles. The second-order valence-corrected chi connectivity index (χ2v) is 9.50. The van der Waals surface area contributed by atoms with Gasteiger partial charge in [-0.15, -0.1) is 0 Å². The molecule has 1 unspecified atom stereocenters. The van der Waals surface area contributed by atoms with Crippen molar-refractivity contribution in [2.24, 2.45) is 0 Å². The van der Waals surface area contributed by atoms with E-state index >= 15 is 0 Å². The molecule has 0 spiro atoms. The molecule has 1 saturated heterocycles. The molecule has 1 fully saturated rings. The predicted molar refractivity (Wildman–Crippen MR) is 118 cm³/mol. The van der Waals surface area contributed by atoms with E-state index < -0.39 is 0 Å². The van der Waals surface area contributed by atoms with Crippen molar-refractivity contribution in [3.05, 3.63) is 57.5 Å². The maximum atomic E-state index is 13.1. The van der Waals surface area contributed by atoms with Gasteiger partial charge in [-0.05, 0) is 31.2 Å². The van der Waals surface area contributed by atoms with Crippen LogP contribution in [0.3, 0.4) is 0 Å². The highest BCUT2D eigenvalue weighted by atomic mass is 32.2. The number of aromatic nitrogens is 2. The van der Waals surface area contributed by atoms with Gasteiger partial charge in [-0.2, -0.15) is 0 Å². The van der Waals surface area contributed by atoms with Gasteiger partial charge in [0.2, 0.25) is 5.91 Å². The number of thioether (sulfide) groups is 1. The molecule has 1 aromatic carbocycles. The monoisotopic (exact) mass is 424 g/mol. The van der Waals surface area contributed by atoms with E-state index in [1.807, 2.05) is 15.5 Å².